The van der Waals surface area contributed by atoms with Gasteiger partial charge in [0.1, 0.15) is 30.5 Å². The maximum absolute atomic E-state index is 13.0. The van der Waals surface area contributed by atoms with Crippen LogP contribution < -0.4 is 5.32 Å². The highest BCUT2D eigenvalue weighted by Crippen LogP contribution is 2.23. The molecule has 1 aliphatic heterocycles. The summed E-state index contributed by atoms with van der Waals surface area (Å²) in [6.45, 7) is 3.64. The van der Waals surface area contributed by atoms with E-state index >= 15 is 0 Å². The lowest BCUT2D eigenvalue weighted by Gasteiger charge is -2.40. The van der Waals surface area contributed by atoms with E-state index in [1.165, 1.54) is 122 Å². The van der Waals surface area contributed by atoms with E-state index in [2.05, 4.69) is 31.3 Å². The van der Waals surface area contributed by atoms with Crippen LogP contribution in [0.5, 0.6) is 0 Å². The molecule has 1 amide bonds. The molecular weight excluding hydrogens is 686 g/mol. The second-order valence-corrected chi connectivity index (χ2v) is 16.0. The van der Waals surface area contributed by atoms with Crippen molar-refractivity contribution in [3.8, 4) is 0 Å². The zero-order valence-corrected chi connectivity index (χ0v) is 34.6. The number of unbranched alkanes of at least 4 members (excludes halogenated alkanes) is 24. The van der Waals surface area contributed by atoms with Gasteiger partial charge in [0.05, 0.1) is 25.4 Å². The van der Waals surface area contributed by atoms with Crippen molar-refractivity contribution in [3.63, 3.8) is 0 Å². The molecule has 10 nitrogen and oxygen atoms in total. The summed E-state index contributed by atoms with van der Waals surface area (Å²) in [5.41, 5.74) is 0. The Morgan fingerprint density at radius 2 is 1.04 bits per heavy atom. The Morgan fingerprint density at radius 1 is 0.611 bits per heavy atom. The van der Waals surface area contributed by atoms with E-state index in [0.29, 0.717) is 12.8 Å². The first kappa shape index (κ1) is 50.9. The Hall–Kier alpha value is -1.11. The fourth-order valence-electron chi connectivity index (χ4n) is 7.22. The van der Waals surface area contributed by atoms with Gasteiger partial charge in [0.15, 0.2) is 6.29 Å². The number of rotatable bonds is 37. The Bertz CT molecular complexity index is 875. The predicted octanol–water partition coefficient (Wildman–Crippen LogP) is 7.92. The first-order valence-corrected chi connectivity index (χ1v) is 22.5. The SMILES string of the molecule is CCCCCCCCC/C=C\CCCC[C@@H](O)[C@H](CO[C@@H]1O[C@H](CO)[C@@H](O)C(O)C1O)NC(=O)[C@H](O)CCCCCCCCCCCCCCCCCC. The number of aliphatic hydroxyl groups is 6. The van der Waals surface area contributed by atoms with Gasteiger partial charge in [-0.25, -0.2) is 0 Å². The summed E-state index contributed by atoms with van der Waals surface area (Å²) in [7, 11) is 0. The molecule has 0 saturated carbocycles. The van der Waals surface area contributed by atoms with Crippen LogP contribution in [0, 0.1) is 0 Å². The van der Waals surface area contributed by atoms with Crippen molar-refractivity contribution in [1.29, 1.82) is 0 Å². The molecule has 54 heavy (non-hydrogen) atoms. The van der Waals surface area contributed by atoms with Crippen LogP contribution in [0.4, 0.5) is 0 Å². The molecule has 1 saturated heterocycles. The van der Waals surface area contributed by atoms with Crippen molar-refractivity contribution < 1.29 is 44.9 Å². The number of allylic oxidation sites excluding steroid dienone is 2. The normalized spacial score (nSPS) is 22.1. The second-order valence-electron chi connectivity index (χ2n) is 16.0. The summed E-state index contributed by atoms with van der Waals surface area (Å²) in [5, 5.41) is 64.7. The lowest BCUT2D eigenvalue weighted by Crippen LogP contribution is -2.60. The van der Waals surface area contributed by atoms with Crippen LogP contribution in [0.15, 0.2) is 12.2 Å². The molecule has 2 unspecified atom stereocenters. The fourth-order valence-corrected chi connectivity index (χ4v) is 7.22. The number of hydrogen-bond donors (Lipinski definition) is 7. The van der Waals surface area contributed by atoms with Crippen LogP contribution in [0.25, 0.3) is 0 Å². The molecule has 0 spiro atoms. The van der Waals surface area contributed by atoms with Gasteiger partial charge < -0.3 is 45.4 Å². The van der Waals surface area contributed by atoms with Gasteiger partial charge in [-0.15, -0.1) is 0 Å². The first-order valence-electron chi connectivity index (χ1n) is 22.5. The zero-order chi connectivity index (χ0) is 39.7. The van der Waals surface area contributed by atoms with Gasteiger partial charge in [-0.1, -0.05) is 174 Å². The number of aliphatic hydroxyl groups excluding tert-OH is 6. The highest BCUT2D eigenvalue weighted by atomic mass is 16.7. The van der Waals surface area contributed by atoms with Crippen LogP contribution >= 0.6 is 0 Å². The third kappa shape index (κ3) is 25.2. The summed E-state index contributed by atoms with van der Waals surface area (Å²) in [4.78, 5) is 13.0. The van der Waals surface area contributed by atoms with Gasteiger partial charge in [-0.2, -0.15) is 0 Å². The summed E-state index contributed by atoms with van der Waals surface area (Å²) in [6, 6.07) is -0.904. The van der Waals surface area contributed by atoms with Crippen molar-refractivity contribution in [2.75, 3.05) is 13.2 Å². The molecular formula is C44H85NO9. The minimum absolute atomic E-state index is 0.264. The molecule has 0 bridgehead atoms. The Kier molecular flexibility index (Phi) is 33.1. The van der Waals surface area contributed by atoms with Gasteiger partial charge in [0.25, 0.3) is 0 Å². The van der Waals surface area contributed by atoms with E-state index in [-0.39, 0.29) is 6.61 Å². The van der Waals surface area contributed by atoms with E-state index < -0.39 is 61.5 Å². The molecule has 0 aliphatic carbocycles. The smallest absolute Gasteiger partial charge is 0.249 e. The van der Waals surface area contributed by atoms with Gasteiger partial charge in [-0.3, -0.25) is 4.79 Å². The van der Waals surface area contributed by atoms with E-state index in [1.54, 1.807) is 0 Å². The molecule has 10 heteroatoms. The Morgan fingerprint density at radius 3 is 1.52 bits per heavy atom. The molecule has 7 N–H and O–H groups in total. The van der Waals surface area contributed by atoms with E-state index in [9.17, 15) is 35.4 Å². The summed E-state index contributed by atoms with van der Waals surface area (Å²) in [5.74, 6) is -0.592. The molecule has 1 rings (SSSR count). The second kappa shape index (κ2) is 35.1. The average molecular weight is 772 g/mol. The van der Waals surface area contributed by atoms with Crippen molar-refractivity contribution in [1.82, 2.24) is 5.32 Å². The minimum atomic E-state index is -1.60. The Balaban J connectivity index is 2.41. The fraction of sp³-hybridized carbons (Fsp3) is 0.932. The number of hydrogen-bond acceptors (Lipinski definition) is 9. The van der Waals surface area contributed by atoms with Crippen LogP contribution in [-0.4, -0.2) is 98.7 Å². The van der Waals surface area contributed by atoms with Crippen LogP contribution in [0.3, 0.4) is 0 Å². The van der Waals surface area contributed by atoms with Gasteiger partial charge in [-0.05, 0) is 38.5 Å². The topological polar surface area (TPSA) is 169 Å². The predicted molar refractivity (Wildman–Crippen MR) is 218 cm³/mol. The first-order chi connectivity index (χ1) is 26.3. The molecule has 0 radical (unpaired) electrons. The summed E-state index contributed by atoms with van der Waals surface area (Å²) < 4.78 is 11.2. The molecule has 1 aliphatic rings. The van der Waals surface area contributed by atoms with Crippen molar-refractivity contribution >= 4 is 5.91 Å². The van der Waals surface area contributed by atoms with Gasteiger partial charge in [0.2, 0.25) is 5.91 Å². The molecule has 320 valence electrons. The van der Waals surface area contributed by atoms with Crippen LogP contribution in [0.1, 0.15) is 200 Å². The molecule has 8 atom stereocenters. The number of nitrogens with one attached hydrogen (secondary N) is 1. The van der Waals surface area contributed by atoms with Gasteiger partial charge >= 0.3 is 0 Å². The average Bonchev–Trinajstić information content (AvgIpc) is 3.17. The van der Waals surface area contributed by atoms with E-state index in [0.717, 1.165) is 51.4 Å². The zero-order valence-electron chi connectivity index (χ0n) is 34.6. The van der Waals surface area contributed by atoms with Crippen LogP contribution in [0.2, 0.25) is 0 Å². The highest BCUT2D eigenvalue weighted by molar-refractivity contribution is 5.80. The van der Waals surface area contributed by atoms with Crippen LogP contribution in [-0.2, 0) is 14.3 Å². The van der Waals surface area contributed by atoms with Gasteiger partial charge in [0, 0.05) is 0 Å². The monoisotopic (exact) mass is 772 g/mol. The third-order valence-electron chi connectivity index (χ3n) is 11.0. The van der Waals surface area contributed by atoms with E-state index in [1.807, 2.05) is 0 Å². The quantitative estimate of drug-likeness (QED) is 0.0245. The van der Waals surface area contributed by atoms with E-state index in [4.69, 9.17) is 9.47 Å². The third-order valence-corrected chi connectivity index (χ3v) is 11.0. The summed E-state index contributed by atoms with van der Waals surface area (Å²) >= 11 is 0. The highest BCUT2D eigenvalue weighted by Gasteiger charge is 2.44. The lowest BCUT2D eigenvalue weighted by molar-refractivity contribution is -0.302. The Labute approximate surface area is 329 Å². The maximum Gasteiger partial charge on any atom is 0.249 e. The minimum Gasteiger partial charge on any atom is -0.394 e. The van der Waals surface area contributed by atoms with Crippen molar-refractivity contribution in [2.24, 2.45) is 0 Å². The standard InChI is InChI=1S/C44H85NO9/c1-3-5-7-9-11-13-15-17-18-19-21-23-25-27-29-31-33-38(48)43(52)45-36(35-53-44-42(51)41(50)40(49)39(34-46)54-44)37(47)32-30-28-26-24-22-20-16-14-12-10-8-6-4-2/h22,24,36-42,44,46-51H,3-21,23,25-35H2,1-2H3,(H,45,52)/b24-22-/t36-,37+,38+,39+,40+,41?,42?,44+/m0/s1. The number of amides is 1. The van der Waals surface area contributed by atoms with Crippen molar-refractivity contribution in [3.05, 3.63) is 12.2 Å². The number of carbonyl (C=O) groups is 1. The molecule has 0 aromatic carbocycles. The maximum atomic E-state index is 13.0. The summed E-state index contributed by atoms with van der Waals surface area (Å²) in [6.07, 6.45) is 28.3. The van der Waals surface area contributed by atoms with Crippen molar-refractivity contribution in [2.45, 2.75) is 249 Å². The number of ether oxygens (including phenoxy) is 2. The number of carbonyl (C=O) groups excluding carboxylic acids is 1. The molecule has 0 aromatic heterocycles. The largest absolute Gasteiger partial charge is 0.394 e. The molecule has 1 fully saturated rings. The molecule has 1 heterocycles. The lowest BCUT2D eigenvalue weighted by atomic mass is 9.99. The molecule has 0 aromatic rings.